The molecule has 2 heterocycles. The van der Waals surface area contributed by atoms with Crippen LogP contribution in [-0.4, -0.2) is 79.6 Å². The molecule has 2 N–H and O–H groups in total. The van der Waals surface area contributed by atoms with Gasteiger partial charge in [-0.3, -0.25) is 14.5 Å². The molecule has 1 saturated heterocycles. The molecule has 32 heavy (non-hydrogen) atoms. The number of hydrogen-bond donors (Lipinski definition) is 2. The van der Waals surface area contributed by atoms with E-state index in [1.807, 2.05) is 18.9 Å². The first-order chi connectivity index (χ1) is 15.4. The van der Waals surface area contributed by atoms with Gasteiger partial charge in [-0.25, -0.2) is 4.39 Å². The largest absolute Gasteiger partial charge is 0.375 e. The molecular formula is C24H35FN4O3. The Morgan fingerprint density at radius 3 is 2.88 bits per heavy atom. The Morgan fingerprint density at radius 2 is 2.12 bits per heavy atom. The molecule has 1 saturated carbocycles. The minimum absolute atomic E-state index is 0.0184. The minimum Gasteiger partial charge on any atom is -0.375 e. The van der Waals surface area contributed by atoms with Crippen molar-refractivity contribution in [3.05, 3.63) is 29.1 Å². The second-order valence-corrected chi connectivity index (χ2v) is 9.52. The lowest BCUT2D eigenvalue weighted by Crippen LogP contribution is -2.49. The summed E-state index contributed by atoms with van der Waals surface area (Å²) < 4.78 is 19.1. The van der Waals surface area contributed by atoms with Crippen LogP contribution in [0.25, 0.3) is 0 Å². The van der Waals surface area contributed by atoms with Crippen LogP contribution in [0.3, 0.4) is 0 Å². The number of halogens is 1. The number of fused-ring (bicyclic) bond motifs is 1. The molecule has 1 aromatic carbocycles. The summed E-state index contributed by atoms with van der Waals surface area (Å²) >= 11 is 0. The van der Waals surface area contributed by atoms with Gasteiger partial charge in [-0.1, -0.05) is 6.07 Å². The van der Waals surface area contributed by atoms with E-state index in [4.69, 9.17) is 4.74 Å². The second kappa shape index (κ2) is 9.75. The van der Waals surface area contributed by atoms with Crippen LogP contribution < -0.4 is 10.6 Å². The van der Waals surface area contributed by atoms with Gasteiger partial charge in [0.2, 0.25) is 11.8 Å². The number of ether oxygens (including phenoxy) is 1. The summed E-state index contributed by atoms with van der Waals surface area (Å²) in [6, 6.07) is 3.56. The lowest BCUT2D eigenvalue weighted by molar-refractivity contribution is -0.135. The van der Waals surface area contributed by atoms with Crippen molar-refractivity contribution in [3.8, 4) is 0 Å². The van der Waals surface area contributed by atoms with Crippen LogP contribution in [0.15, 0.2) is 12.1 Å². The number of nitrogens with one attached hydrogen (secondary N) is 2. The molecule has 7 nitrogen and oxygen atoms in total. The van der Waals surface area contributed by atoms with Gasteiger partial charge in [0, 0.05) is 63.0 Å². The van der Waals surface area contributed by atoms with Gasteiger partial charge in [-0.2, -0.15) is 0 Å². The topological polar surface area (TPSA) is 73.9 Å². The van der Waals surface area contributed by atoms with Crippen molar-refractivity contribution in [3.63, 3.8) is 0 Å². The Hall–Kier alpha value is -2.19. The van der Waals surface area contributed by atoms with Crippen molar-refractivity contribution in [1.82, 2.24) is 15.1 Å². The van der Waals surface area contributed by atoms with Crippen LogP contribution in [0.2, 0.25) is 0 Å². The SMILES string of the molecule is COCC(=O)N(C)[C@@H]1CCN(C2CCC[C@@H](NC(=O)C3Cc4c(F)ccc(C)c4N3)C2)C1. The Bertz CT molecular complexity index is 833. The molecule has 1 aliphatic carbocycles. The van der Waals surface area contributed by atoms with Gasteiger partial charge in [0.25, 0.3) is 0 Å². The van der Waals surface area contributed by atoms with Crippen LogP contribution in [0, 0.1) is 12.7 Å². The average Bonchev–Trinajstić information content (AvgIpc) is 3.45. The third kappa shape index (κ3) is 4.76. The Kier molecular flexibility index (Phi) is 7.00. The first-order valence-electron chi connectivity index (χ1n) is 11.7. The zero-order chi connectivity index (χ0) is 22.8. The summed E-state index contributed by atoms with van der Waals surface area (Å²) in [5.41, 5.74) is 2.34. The number of amides is 2. The van der Waals surface area contributed by atoms with E-state index < -0.39 is 6.04 Å². The molecule has 2 aliphatic heterocycles. The maximum atomic E-state index is 14.2. The lowest BCUT2D eigenvalue weighted by Gasteiger charge is -2.36. The third-order valence-electron chi connectivity index (χ3n) is 7.42. The number of carbonyl (C=O) groups is 2. The number of carbonyl (C=O) groups excluding carboxylic acids is 2. The molecular weight excluding hydrogens is 411 g/mol. The number of likely N-dealkylation sites (N-methyl/N-ethyl adjacent to an activating group) is 1. The molecule has 1 aromatic rings. The molecule has 4 atom stereocenters. The fraction of sp³-hybridized carbons (Fsp3) is 0.667. The smallest absolute Gasteiger partial charge is 0.248 e. The number of likely N-dealkylation sites (tertiary alicyclic amines) is 1. The lowest BCUT2D eigenvalue weighted by atomic mass is 9.89. The second-order valence-electron chi connectivity index (χ2n) is 9.52. The monoisotopic (exact) mass is 446 g/mol. The number of nitrogens with zero attached hydrogens (tertiary/aromatic N) is 2. The third-order valence-corrected chi connectivity index (χ3v) is 7.42. The first kappa shape index (κ1) is 23.0. The molecule has 2 amide bonds. The van der Waals surface area contributed by atoms with Crippen molar-refractivity contribution in [2.24, 2.45) is 0 Å². The Balaban J connectivity index is 1.29. The Labute approximate surface area is 189 Å². The van der Waals surface area contributed by atoms with Gasteiger partial charge in [-0.15, -0.1) is 0 Å². The summed E-state index contributed by atoms with van der Waals surface area (Å²) in [7, 11) is 3.40. The van der Waals surface area contributed by atoms with Gasteiger partial charge < -0.3 is 20.3 Å². The van der Waals surface area contributed by atoms with E-state index in [1.54, 1.807) is 13.2 Å². The summed E-state index contributed by atoms with van der Waals surface area (Å²) in [5.74, 6) is -0.275. The van der Waals surface area contributed by atoms with Crippen molar-refractivity contribution < 1.29 is 18.7 Å². The van der Waals surface area contributed by atoms with Gasteiger partial charge in [0.15, 0.2) is 0 Å². The molecule has 0 bridgehead atoms. The zero-order valence-corrected chi connectivity index (χ0v) is 19.3. The summed E-state index contributed by atoms with van der Waals surface area (Å²) in [6.45, 7) is 3.89. The van der Waals surface area contributed by atoms with E-state index in [-0.39, 0.29) is 36.3 Å². The molecule has 4 rings (SSSR count). The van der Waals surface area contributed by atoms with Crippen molar-refractivity contribution in [2.45, 2.75) is 69.6 Å². The standard InChI is InChI=1S/C24H35FN4O3/c1-15-7-8-20(25)19-12-21(27-23(15)19)24(31)26-16-5-4-6-17(11-16)29-10-9-18(13-29)28(2)22(30)14-32-3/h7-8,16-18,21,27H,4-6,9-14H2,1-3H3,(H,26,31)/t16-,17?,18-,21?/m1/s1. The fourth-order valence-electron chi connectivity index (χ4n) is 5.50. The van der Waals surface area contributed by atoms with Crippen molar-refractivity contribution in [2.75, 3.05) is 39.2 Å². The normalized spacial score (nSPS) is 27.6. The van der Waals surface area contributed by atoms with Gasteiger partial charge >= 0.3 is 0 Å². The van der Waals surface area contributed by atoms with E-state index >= 15 is 0 Å². The highest BCUT2D eigenvalue weighted by Crippen LogP contribution is 2.32. The maximum Gasteiger partial charge on any atom is 0.248 e. The molecule has 2 unspecified atom stereocenters. The van der Waals surface area contributed by atoms with Crippen LogP contribution in [-0.2, 0) is 20.7 Å². The number of anilines is 1. The molecule has 0 radical (unpaired) electrons. The van der Waals surface area contributed by atoms with Gasteiger partial charge in [-0.05, 0) is 50.7 Å². The predicted molar refractivity (Wildman–Crippen MR) is 121 cm³/mol. The quantitative estimate of drug-likeness (QED) is 0.700. The fourth-order valence-corrected chi connectivity index (χ4v) is 5.50. The summed E-state index contributed by atoms with van der Waals surface area (Å²) in [4.78, 5) is 29.4. The Morgan fingerprint density at radius 1 is 1.31 bits per heavy atom. The molecule has 0 aromatic heterocycles. The number of benzene rings is 1. The van der Waals surface area contributed by atoms with E-state index in [9.17, 15) is 14.0 Å². The minimum atomic E-state index is -0.419. The van der Waals surface area contributed by atoms with Gasteiger partial charge in [0.1, 0.15) is 18.5 Å². The number of rotatable bonds is 6. The molecule has 0 spiro atoms. The molecule has 8 heteroatoms. The summed E-state index contributed by atoms with van der Waals surface area (Å²) in [5, 5.41) is 6.45. The van der Waals surface area contributed by atoms with E-state index in [1.165, 1.54) is 6.07 Å². The predicted octanol–water partition coefficient (Wildman–Crippen LogP) is 2.08. The van der Waals surface area contributed by atoms with E-state index in [0.29, 0.717) is 18.0 Å². The average molecular weight is 447 g/mol. The summed E-state index contributed by atoms with van der Waals surface area (Å²) in [6.07, 6.45) is 5.43. The van der Waals surface area contributed by atoms with E-state index in [2.05, 4.69) is 15.5 Å². The molecule has 2 fully saturated rings. The molecule has 3 aliphatic rings. The highest BCUT2D eigenvalue weighted by molar-refractivity contribution is 5.88. The van der Waals surface area contributed by atoms with Crippen LogP contribution in [0.1, 0.15) is 43.2 Å². The zero-order valence-electron chi connectivity index (χ0n) is 19.3. The first-order valence-corrected chi connectivity index (χ1v) is 11.7. The van der Waals surface area contributed by atoms with Crippen LogP contribution >= 0.6 is 0 Å². The maximum absolute atomic E-state index is 14.2. The number of aryl methyl sites for hydroxylation is 1. The number of hydrogen-bond acceptors (Lipinski definition) is 5. The van der Waals surface area contributed by atoms with Crippen molar-refractivity contribution >= 4 is 17.5 Å². The van der Waals surface area contributed by atoms with E-state index in [0.717, 1.165) is 56.4 Å². The van der Waals surface area contributed by atoms with Crippen LogP contribution in [0.5, 0.6) is 0 Å². The van der Waals surface area contributed by atoms with Gasteiger partial charge in [0.05, 0.1) is 0 Å². The highest BCUT2D eigenvalue weighted by Gasteiger charge is 2.36. The number of methoxy groups -OCH3 is 1. The molecule has 176 valence electrons. The highest BCUT2D eigenvalue weighted by atomic mass is 19.1. The van der Waals surface area contributed by atoms with Crippen LogP contribution in [0.4, 0.5) is 10.1 Å². The van der Waals surface area contributed by atoms with Crippen molar-refractivity contribution in [1.29, 1.82) is 0 Å².